The molecule has 68 valence electrons. The largest absolute Gasteiger partial charge is 0.367 e. The van der Waals surface area contributed by atoms with Gasteiger partial charge in [-0.25, -0.2) is 0 Å². The van der Waals surface area contributed by atoms with Gasteiger partial charge in [0.2, 0.25) is 0 Å². The van der Waals surface area contributed by atoms with E-state index in [1.807, 2.05) is 0 Å². The maximum Gasteiger partial charge on any atom is 0.162 e. The molecule has 1 N–H and O–H groups in total. The normalized spacial score (nSPS) is 44.9. The van der Waals surface area contributed by atoms with Gasteiger partial charge in [-0.2, -0.15) is 0 Å². The van der Waals surface area contributed by atoms with E-state index in [0.717, 1.165) is 18.4 Å². The maximum atomic E-state index is 9.62. The number of aliphatic hydroxyl groups is 1. The van der Waals surface area contributed by atoms with E-state index >= 15 is 0 Å². The predicted octanol–water partition coefficient (Wildman–Crippen LogP) is 1.70. The summed E-state index contributed by atoms with van der Waals surface area (Å²) < 4.78 is 5.47. The molecule has 0 radical (unpaired) electrons. The van der Waals surface area contributed by atoms with Crippen LogP contribution in [0, 0.1) is 11.3 Å². The van der Waals surface area contributed by atoms with E-state index in [-0.39, 0.29) is 17.4 Å². The van der Waals surface area contributed by atoms with Crippen LogP contribution in [0.25, 0.3) is 0 Å². The lowest BCUT2D eigenvalue weighted by Gasteiger charge is -2.36. The number of fused-ring (bicyclic) bond motifs is 2. The highest BCUT2D eigenvalue weighted by atomic mass is 16.6. The molecule has 1 aliphatic heterocycles. The average molecular weight is 168 g/mol. The third kappa shape index (κ3) is 0.882. The zero-order valence-corrected chi connectivity index (χ0v) is 7.71. The van der Waals surface area contributed by atoms with Crippen molar-refractivity contribution in [2.45, 2.75) is 39.1 Å². The zero-order chi connectivity index (χ0) is 8.93. The maximum absolute atomic E-state index is 9.62. The molecule has 0 aromatic carbocycles. The molecule has 0 spiro atoms. The van der Waals surface area contributed by atoms with Crippen LogP contribution in [-0.4, -0.2) is 17.5 Å². The SMILES string of the molecule is C=C1CC[C@@H]2OC(O)[C@H]1C2(C)C. The average Bonchev–Trinajstić information content (AvgIpc) is 2.12. The molecule has 1 unspecified atom stereocenters. The molecule has 0 aromatic heterocycles. The van der Waals surface area contributed by atoms with E-state index in [0.29, 0.717) is 0 Å². The van der Waals surface area contributed by atoms with Gasteiger partial charge in [0, 0.05) is 11.3 Å². The Morgan fingerprint density at radius 3 is 2.83 bits per heavy atom. The quantitative estimate of drug-likeness (QED) is 0.558. The second-order valence-corrected chi connectivity index (χ2v) is 4.51. The number of ether oxygens (including phenoxy) is 1. The fraction of sp³-hybridized carbons (Fsp3) is 0.800. The molecule has 12 heavy (non-hydrogen) atoms. The van der Waals surface area contributed by atoms with Gasteiger partial charge in [0.05, 0.1) is 6.10 Å². The minimum Gasteiger partial charge on any atom is -0.367 e. The second-order valence-electron chi connectivity index (χ2n) is 4.51. The van der Waals surface area contributed by atoms with Crippen molar-refractivity contribution in [3.8, 4) is 0 Å². The van der Waals surface area contributed by atoms with Crippen molar-refractivity contribution in [1.82, 2.24) is 0 Å². The Labute approximate surface area is 73.2 Å². The van der Waals surface area contributed by atoms with Crippen LogP contribution in [0.1, 0.15) is 26.7 Å². The molecule has 1 saturated heterocycles. The van der Waals surface area contributed by atoms with Gasteiger partial charge in [-0.1, -0.05) is 26.0 Å². The lowest BCUT2D eigenvalue weighted by atomic mass is 9.67. The van der Waals surface area contributed by atoms with E-state index < -0.39 is 6.29 Å². The summed E-state index contributed by atoms with van der Waals surface area (Å²) in [6.07, 6.45) is 1.64. The van der Waals surface area contributed by atoms with Gasteiger partial charge >= 0.3 is 0 Å². The number of hydrogen-bond acceptors (Lipinski definition) is 2. The molecule has 2 rings (SSSR count). The van der Waals surface area contributed by atoms with E-state index in [1.165, 1.54) is 0 Å². The van der Waals surface area contributed by atoms with Crippen molar-refractivity contribution in [3.63, 3.8) is 0 Å². The molecule has 2 bridgehead atoms. The van der Waals surface area contributed by atoms with E-state index in [2.05, 4.69) is 20.4 Å². The molecular weight excluding hydrogens is 152 g/mol. The minimum atomic E-state index is -0.611. The van der Waals surface area contributed by atoms with Crippen molar-refractivity contribution >= 4 is 0 Å². The number of rotatable bonds is 0. The summed E-state index contributed by atoms with van der Waals surface area (Å²) in [7, 11) is 0. The standard InChI is InChI=1S/C10H16O2/c1-6-4-5-7-10(2,3)8(6)9(11)12-7/h7-9,11H,1,4-5H2,2-3H3/t7-,8-,9?/m0/s1. The van der Waals surface area contributed by atoms with Crippen molar-refractivity contribution in [2.75, 3.05) is 0 Å². The highest BCUT2D eigenvalue weighted by molar-refractivity contribution is 5.16. The van der Waals surface area contributed by atoms with E-state index in [4.69, 9.17) is 4.74 Å². The summed E-state index contributed by atoms with van der Waals surface area (Å²) in [4.78, 5) is 0. The van der Waals surface area contributed by atoms with Gasteiger partial charge in [-0.3, -0.25) is 0 Å². The molecule has 1 saturated carbocycles. The summed E-state index contributed by atoms with van der Waals surface area (Å²) in [5, 5.41) is 9.62. The molecule has 2 heteroatoms. The highest BCUT2D eigenvalue weighted by Crippen LogP contribution is 2.52. The Morgan fingerprint density at radius 2 is 2.25 bits per heavy atom. The fourth-order valence-corrected chi connectivity index (χ4v) is 2.63. The monoisotopic (exact) mass is 168 g/mol. The molecule has 1 heterocycles. The van der Waals surface area contributed by atoms with Crippen LogP contribution in [0.15, 0.2) is 12.2 Å². The lowest BCUT2D eigenvalue weighted by molar-refractivity contribution is -0.0996. The Morgan fingerprint density at radius 1 is 1.58 bits per heavy atom. The first-order valence-electron chi connectivity index (χ1n) is 4.54. The Kier molecular flexibility index (Phi) is 1.61. The fourth-order valence-electron chi connectivity index (χ4n) is 2.63. The van der Waals surface area contributed by atoms with Gasteiger partial charge in [0.15, 0.2) is 6.29 Å². The van der Waals surface area contributed by atoms with Crippen molar-refractivity contribution in [3.05, 3.63) is 12.2 Å². The zero-order valence-electron chi connectivity index (χ0n) is 7.71. The predicted molar refractivity (Wildman–Crippen MR) is 46.5 cm³/mol. The Balaban J connectivity index is 2.35. The second kappa shape index (κ2) is 2.33. The lowest BCUT2D eigenvalue weighted by Crippen LogP contribution is -2.36. The number of hydrogen-bond donors (Lipinski definition) is 1. The van der Waals surface area contributed by atoms with Gasteiger partial charge in [0.1, 0.15) is 0 Å². The van der Waals surface area contributed by atoms with Crippen LogP contribution in [0.3, 0.4) is 0 Å². The number of aliphatic hydroxyl groups excluding tert-OH is 1. The van der Waals surface area contributed by atoms with Crippen LogP contribution in [0.2, 0.25) is 0 Å². The van der Waals surface area contributed by atoms with Gasteiger partial charge < -0.3 is 9.84 Å². The van der Waals surface area contributed by atoms with Crippen LogP contribution in [0.4, 0.5) is 0 Å². The van der Waals surface area contributed by atoms with Gasteiger partial charge in [-0.05, 0) is 12.8 Å². The summed E-state index contributed by atoms with van der Waals surface area (Å²) in [5.41, 5.74) is 1.23. The molecule has 2 aliphatic rings. The van der Waals surface area contributed by atoms with Crippen LogP contribution >= 0.6 is 0 Å². The smallest absolute Gasteiger partial charge is 0.162 e. The first-order valence-corrected chi connectivity index (χ1v) is 4.54. The van der Waals surface area contributed by atoms with Gasteiger partial charge in [-0.15, -0.1) is 0 Å². The van der Waals surface area contributed by atoms with E-state index in [9.17, 15) is 5.11 Å². The summed E-state index contributed by atoms with van der Waals surface area (Å²) >= 11 is 0. The molecule has 1 aliphatic carbocycles. The minimum absolute atomic E-state index is 0.0781. The topological polar surface area (TPSA) is 29.5 Å². The van der Waals surface area contributed by atoms with Crippen molar-refractivity contribution in [2.24, 2.45) is 11.3 Å². The highest BCUT2D eigenvalue weighted by Gasteiger charge is 2.53. The van der Waals surface area contributed by atoms with Crippen LogP contribution < -0.4 is 0 Å². The molecular formula is C10H16O2. The van der Waals surface area contributed by atoms with E-state index in [1.54, 1.807) is 0 Å². The summed E-state index contributed by atoms with van der Waals surface area (Å²) in [5.74, 6) is 0.149. The summed E-state index contributed by atoms with van der Waals surface area (Å²) in [6.45, 7) is 8.31. The molecule has 0 amide bonds. The Bertz CT molecular complexity index is 220. The van der Waals surface area contributed by atoms with Crippen molar-refractivity contribution in [1.29, 1.82) is 0 Å². The third-order valence-corrected chi connectivity index (χ3v) is 3.39. The summed E-state index contributed by atoms with van der Waals surface area (Å²) in [6, 6.07) is 0. The molecule has 3 atom stereocenters. The molecule has 2 fully saturated rings. The molecule has 0 aromatic rings. The first kappa shape index (κ1) is 8.27. The first-order chi connectivity index (χ1) is 5.53. The van der Waals surface area contributed by atoms with Crippen molar-refractivity contribution < 1.29 is 9.84 Å². The molecule has 2 nitrogen and oxygen atoms in total. The third-order valence-electron chi connectivity index (χ3n) is 3.39. The Hall–Kier alpha value is -0.340. The van der Waals surface area contributed by atoms with Gasteiger partial charge in [0.25, 0.3) is 0 Å². The van der Waals surface area contributed by atoms with Crippen LogP contribution in [0.5, 0.6) is 0 Å². The van der Waals surface area contributed by atoms with Crippen LogP contribution in [-0.2, 0) is 4.74 Å².